The number of sulfonamides is 1. The number of ether oxygens (including phenoxy) is 1. The molecule has 0 saturated carbocycles. The van der Waals surface area contributed by atoms with Gasteiger partial charge in [0, 0.05) is 43.2 Å². The fourth-order valence-electron chi connectivity index (χ4n) is 5.44. The molecule has 2 aliphatic rings. The molecule has 1 amide bonds. The monoisotopic (exact) mass is 495 g/mol. The minimum Gasteiger partial charge on any atom is -0.497 e. The Morgan fingerprint density at radius 2 is 1.86 bits per heavy atom. The Bertz CT molecular complexity index is 1320. The number of piperidine rings is 1. The topological polar surface area (TPSA) is 91.5 Å². The number of methoxy groups -OCH3 is 1. The molecule has 1 saturated heterocycles. The Morgan fingerprint density at radius 3 is 2.63 bits per heavy atom. The Hall–Kier alpha value is -2.84. The van der Waals surface area contributed by atoms with Crippen molar-refractivity contribution in [3.05, 3.63) is 59.3 Å². The molecule has 0 unspecified atom stereocenters. The summed E-state index contributed by atoms with van der Waals surface area (Å²) < 4.78 is 33.5. The molecule has 8 heteroatoms. The first-order chi connectivity index (χ1) is 16.9. The van der Waals surface area contributed by atoms with Gasteiger partial charge in [0.25, 0.3) is 0 Å². The molecule has 1 fully saturated rings. The summed E-state index contributed by atoms with van der Waals surface area (Å²) >= 11 is 0. The van der Waals surface area contributed by atoms with E-state index in [1.807, 2.05) is 23.1 Å². The van der Waals surface area contributed by atoms with Gasteiger partial charge in [-0.15, -0.1) is 0 Å². The second kappa shape index (κ2) is 10.0. The first kappa shape index (κ1) is 23.9. The maximum atomic E-state index is 12.8. The largest absolute Gasteiger partial charge is 0.497 e. The van der Waals surface area contributed by atoms with E-state index in [2.05, 4.69) is 22.0 Å². The van der Waals surface area contributed by atoms with E-state index in [0.717, 1.165) is 55.4 Å². The minimum absolute atomic E-state index is 0.00260. The van der Waals surface area contributed by atoms with E-state index in [1.165, 1.54) is 16.5 Å². The summed E-state index contributed by atoms with van der Waals surface area (Å²) in [5.41, 5.74) is 4.74. The molecule has 2 heterocycles. The molecule has 5 rings (SSSR count). The third kappa shape index (κ3) is 5.09. The van der Waals surface area contributed by atoms with Crippen molar-refractivity contribution < 1.29 is 17.9 Å². The van der Waals surface area contributed by atoms with Gasteiger partial charge in [-0.3, -0.25) is 4.79 Å². The van der Waals surface area contributed by atoms with Crippen molar-refractivity contribution in [3.8, 4) is 5.75 Å². The van der Waals surface area contributed by atoms with Gasteiger partial charge in [0.05, 0.1) is 12.0 Å². The summed E-state index contributed by atoms with van der Waals surface area (Å²) in [4.78, 5) is 18.3. The lowest BCUT2D eigenvalue weighted by atomic mass is 9.89. The van der Waals surface area contributed by atoms with Crippen molar-refractivity contribution >= 4 is 26.8 Å². The van der Waals surface area contributed by atoms with Crippen LogP contribution >= 0.6 is 0 Å². The molecule has 0 bridgehead atoms. The first-order valence-electron chi connectivity index (χ1n) is 12.5. The fraction of sp³-hybridized carbons (Fsp3) is 0.444. The predicted octanol–water partition coefficient (Wildman–Crippen LogP) is 4.13. The van der Waals surface area contributed by atoms with Gasteiger partial charge in [0.1, 0.15) is 5.75 Å². The van der Waals surface area contributed by atoms with E-state index < -0.39 is 10.0 Å². The van der Waals surface area contributed by atoms with E-state index in [1.54, 1.807) is 19.2 Å². The molecule has 3 aromatic rings. The van der Waals surface area contributed by atoms with Crippen LogP contribution in [0.15, 0.2) is 47.5 Å². The van der Waals surface area contributed by atoms with Gasteiger partial charge in [-0.05, 0) is 91.5 Å². The number of hydrogen-bond acceptors (Lipinski definition) is 4. The summed E-state index contributed by atoms with van der Waals surface area (Å²) in [5, 5.41) is 1.17. The smallest absolute Gasteiger partial charge is 0.240 e. The highest BCUT2D eigenvalue weighted by Gasteiger charge is 2.26. The van der Waals surface area contributed by atoms with Crippen LogP contribution in [0, 0.1) is 0 Å². The molecular weight excluding hydrogens is 462 g/mol. The summed E-state index contributed by atoms with van der Waals surface area (Å²) in [7, 11) is -1.95. The van der Waals surface area contributed by atoms with Crippen LogP contribution in [0.25, 0.3) is 10.9 Å². The minimum atomic E-state index is -3.62. The molecule has 1 aliphatic heterocycles. The zero-order valence-corrected chi connectivity index (χ0v) is 21.0. The van der Waals surface area contributed by atoms with Crippen LogP contribution in [-0.2, 0) is 27.7 Å². The van der Waals surface area contributed by atoms with Crippen molar-refractivity contribution in [2.45, 2.75) is 55.8 Å². The number of rotatable bonds is 7. The zero-order valence-electron chi connectivity index (χ0n) is 20.2. The van der Waals surface area contributed by atoms with E-state index >= 15 is 0 Å². The molecule has 35 heavy (non-hydrogen) atoms. The highest BCUT2D eigenvalue weighted by atomic mass is 32.2. The van der Waals surface area contributed by atoms with Gasteiger partial charge in [0.15, 0.2) is 0 Å². The van der Waals surface area contributed by atoms with Crippen molar-refractivity contribution in [2.24, 2.45) is 0 Å². The van der Waals surface area contributed by atoms with Gasteiger partial charge in [-0.1, -0.05) is 6.07 Å². The molecule has 7 nitrogen and oxygen atoms in total. The second-order valence-electron chi connectivity index (χ2n) is 9.60. The van der Waals surface area contributed by atoms with Crippen molar-refractivity contribution in [3.63, 3.8) is 0 Å². The zero-order chi connectivity index (χ0) is 24.4. The van der Waals surface area contributed by atoms with Gasteiger partial charge >= 0.3 is 0 Å². The maximum Gasteiger partial charge on any atom is 0.240 e. The van der Waals surface area contributed by atoms with Crippen LogP contribution in [0.5, 0.6) is 5.75 Å². The van der Waals surface area contributed by atoms with Gasteiger partial charge < -0.3 is 14.6 Å². The number of likely N-dealkylation sites (tertiary alicyclic amines) is 1. The van der Waals surface area contributed by atoms with Gasteiger partial charge in [-0.2, -0.15) is 0 Å². The quantitative estimate of drug-likeness (QED) is 0.516. The average molecular weight is 496 g/mol. The fourth-order valence-corrected chi connectivity index (χ4v) is 6.52. The molecule has 0 spiro atoms. The lowest BCUT2D eigenvalue weighted by Gasteiger charge is -2.32. The highest BCUT2D eigenvalue weighted by molar-refractivity contribution is 7.89. The van der Waals surface area contributed by atoms with Crippen molar-refractivity contribution in [1.29, 1.82) is 0 Å². The molecule has 1 aromatic heterocycles. The number of H-pyrrole nitrogens is 1. The van der Waals surface area contributed by atoms with Gasteiger partial charge in [0.2, 0.25) is 15.9 Å². The number of carbonyl (C=O) groups excluding carboxylic acids is 1. The number of aromatic nitrogens is 1. The summed E-state index contributed by atoms with van der Waals surface area (Å²) in [5.74, 6) is 1.21. The summed E-state index contributed by atoms with van der Waals surface area (Å²) in [6, 6.07) is 11.4. The molecule has 1 aliphatic carbocycles. The Kier molecular flexibility index (Phi) is 6.84. The van der Waals surface area contributed by atoms with E-state index in [4.69, 9.17) is 4.74 Å². The predicted molar refractivity (Wildman–Crippen MR) is 136 cm³/mol. The van der Waals surface area contributed by atoms with Gasteiger partial charge in [-0.25, -0.2) is 13.1 Å². The maximum absolute atomic E-state index is 12.8. The third-order valence-corrected chi connectivity index (χ3v) is 8.93. The van der Waals surface area contributed by atoms with Crippen LogP contribution in [0.1, 0.15) is 54.7 Å². The molecular formula is C27H33N3O4S. The van der Waals surface area contributed by atoms with E-state index in [0.29, 0.717) is 23.9 Å². The first-order valence-corrected chi connectivity index (χ1v) is 14.0. The van der Waals surface area contributed by atoms with Crippen LogP contribution in [0.3, 0.4) is 0 Å². The second-order valence-corrected chi connectivity index (χ2v) is 11.4. The molecule has 0 atom stereocenters. The SMILES string of the molecule is COc1ccc2[nH]cc(C3CCN(C(=O)CCNS(=O)(=O)c4ccc5c(c4)CCCC5)CC3)c2c1. The number of nitrogens with one attached hydrogen (secondary N) is 2. The van der Waals surface area contributed by atoms with Crippen molar-refractivity contribution in [2.75, 3.05) is 26.7 Å². The Balaban J connectivity index is 1.14. The Morgan fingerprint density at radius 1 is 1.09 bits per heavy atom. The number of hydrogen-bond donors (Lipinski definition) is 2. The lowest BCUT2D eigenvalue weighted by Crippen LogP contribution is -2.39. The number of benzene rings is 2. The summed E-state index contributed by atoms with van der Waals surface area (Å²) in [6.07, 6.45) is 8.22. The number of fused-ring (bicyclic) bond motifs is 2. The Labute approximate surface area is 206 Å². The lowest BCUT2D eigenvalue weighted by molar-refractivity contribution is -0.132. The number of aromatic amines is 1. The highest BCUT2D eigenvalue weighted by Crippen LogP contribution is 2.34. The molecule has 0 radical (unpaired) electrons. The standard InChI is InChI=1S/C27H33N3O4S/c1-34-22-7-9-26-24(17-22)25(18-28-26)20-11-14-30(15-12-20)27(31)10-13-29-35(32,33)23-8-6-19-4-2-3-5-21(19)16-23/h6-9,16-18,20,28-29H,2-5,10-15H2,1H3. The van der Waals surface area contributed by atoms with E-state index in [-0.39, 0.29) is 18.9 Å². The van der Waals surface area contributed by atoms with Crippen LogP contribution in [0.2, 0.25) is 0 Å². The molecule has 2 aromatic carbocycles. The number of aryl methyl sites for hydroxylation is 2. The normalized spacial score (nSPS) is 16.9. The number of nitrogens with zero attached hydrogens (tertiary/aromatic N) is 1. The molecule has 186 valence electrons. The van der Waals surface area contributed by atoms with E-state index in [9.17, 15) is 13.2 Å². The third-order valence-electron chi connectivity index (χ3n) is 7.47. The number of amides is 1. The van der Waals surface area contributed by atoms with Crippen LogP contribution in [-0.4, -0.2) is 51.0 Å². The average Bonchev–Trinajstić information content (AvgIpc) is 3.31. The van der Waals surface area contributed by atoms with Crippen LogP contribution < -0.4 is 9.46 Å². The summed E-state index contributed by atoms with van der Waals surface area (Å²) in [6.45, 7) is 1.47. The molecule has 2 N–H and O–H groups in total. The van der Waals surface area contributed by atoms with Crippen molar-refractivity contribution in [1.82, 2.24) is 14.6 Å². The number of carbonyl (C=O) groups is 1. The van der Waals surface area contributed by atoms with Crippen LogP contribution in [0.4, 0.5) is 0 Å².